The van der Waals surface area contributed by atoms with E-state index in [0.29, 0.717) is 36.1 Å². The zero-order valence-electron chi connectivity index (χ0n) is 20.0. The summed E-state index contributed by atoms with van der Waals surface area (Å²) in [5, 5.41) is 17.9. The van der Waals surface area contributed by atoms with Gasteiger partial charge in [-0.15, -0.1) is 0 Å². The molecule has 4 nitrogen and oxygen atoms in total. The lowest BCUT2D eigenvalue weighted by Gasteiger charge is -2.29. The quantitative estimate of drug-likeness (QED) is 0.130. The van der Waals surface area contributed by atoms with Gasteiger partial charge in [0.1, 0.15) is 5.78 Å². The van der Waals surface area contributed by atoms with Crippen LogP contribution in [0.15, 0.2) is 0 Å². The van der Waals surface area contributed by atoms with Crippen LogP contribution in [-0.4, -0.2) is 54.0 Å². The summed E-state index contributed by atoms with van der Waals surface area (Å²) in [5.74, 6) is 0.357. The molecule has 0 bridgehead atoms. The summed E-state index contributed by atoms with van der Waals surface area (Å²) >= 11 is 0. The van der Waals surface area contributed by atoms with Crippen LogP contribution in [-0.2, 0) is 4.79 Å². The lowest BCUT2D eigenvalue weighted by molar-refractivity contribution is -0.890. The predicted octanol–water partition coefficient (Wildman–Crippen LogP) is 5.98. The van der Waals surface area contributed by atoms with Crippen LogP contribution in [0.5, 0.6) is 0 Å². The number of aliphatic hydroxyl groups excluding tert-OH is 1. The Hall–Kier alpha value is -0.450. The molecule has 0 unspecified atom stereocenters. The Morgan fingerprint density at radius 3 is 1.48 bits per heavy atom. The average Bonchev–Trinajstić information content (AvgIpc) is 2.68. The van der Waals surface area contributed by atoms with Gasteiger partial charge in [-0.25, -0.2) is 0 Å². The molecule has 0 aliphatic heterocycles. The third kappa shape index (κ3) is 22.1. The average molecular weight is 415 g/mol. The first-order valence-electron chi connectivity index (χ1n) is 12.6. The molecule has 0 amide bonds. The molecule has 0 rings (SSSR count). The van der Waals surface area contributed by atoms with Crippen LogP contribution in [0, 0.1) is 0 Å². The topological polar surface area (TPSA) is 57.5 Å². The Kier molecular flexibility index (Phi) is 19.2. The summed E-state index contributed by atoms with van der Waals surface area (Å²) in [6.45, 7) is 3.74. The summed E-state index contributed by atoms with van der Waals surface area (Å²) in [5.41, 5.74) is 0. The molecule has 29 heavy (non-hydrogen) atoms. The lowest BCUT2D eigenvalue weighted by atomic mass is 10.0. The molecule has 0 aliphatic carbocycles. The van der Waals surface area contributed by atoms with Crippen LogP contribution in [0.1, 0.15) is 122 Å². The SMILES string of the molecule is CCCCCCCCCCCCCCCCCC(=O)CC[N+](C)(C)CCC(O)O. The van der Waals surface area contributed by atoms with Gasteiger partial charge in [-0.1, -0.05) is 96.8 Å². The highest BCUT2D eigenvalue weighted by molar-refractivity contribution is 5.78. The van der Waals surface area contributed by atoms with Gasteiger partial charge in [0, 0.05) is 12.8 Å². The largest absolute Gasteiger partial charge is 0.368 e. The molecule has 0 radical (unpaired) electrons. The number of quaternary nitrogens is 1. The predicted molar refractivity (Wildman–Crippen MR) is 124 cm³/mol. The Labute approximate surface area is 181 Å². The molecule has 0 fully saturated rings. The van der Waals surface area contributed by atoms with E-state index in [9.17, 15) is 4.79 Å². The number of carbonyl (C=O) groups is 1. The minimum Gasteiger partial charge on any atom is -0.368 e. The summed E-state index contributed by atoms with van der Waals surface area (Å²) < 4.78 is 0.669. The maximum atomic E-state index is 12.1. The number of hydrogen-bond donors (Lipinski definition) is 2. The molecule has 0 aromatic carbocycles. The molecule has 4 heteroatoms. The monoisotopic (exact) mass is 414 g/mol. The van der Waals surface area contributed by atoms with Crippen molar-refractivity contribution < 1.29 is 19.5 Å². The molecule has 0 saturated carbocycles. The molecule has 0 aromatic heterocycles. The molecule has 0 spiro atoms. The molecular weight excluding hydrogens is 362 g/mol. The second-order valence-corrected chi connectivity index (χ2v) is 9.64. The second-order valence-electron chi connectivity index (χ2n) is 9.64. The third-order valence-corrected chi connectivity index (χ3v) is 6.05. The zero-order valence-corrected chi connectivity index (χ0v) is 20.0. The highest BCUT2D eigenvalue weighted by Crippen LogP contribution is 2.14. The molecular formula is C25H52NO3+. The normalized spacial score (nSPS) is 12.1. The van der Waals surface area contributed by atoms with Crippen molar-refractivity contribution in [1.82, 2.24) is 0 Å². The third-order valence-electron chi connectivity index (χ3n) is 6.05. The van der Waals surface area contributed by atoms with Crippen LogP contribution in [0.25, 0.3) is 0 Å². The summed E-state index contributed by atoms with van der Waals surface area (Å²) in [4.78, 5) is 12.1. The molecule has 0 saturated heterocycles. The fourth-order valence-electron chi connectivity index (χ4n) is 3.82. The second kappa shape index (κ2) is 19.5. The maximum absolute atomic E-state index is 12.1. The Balaban J connectivity index is 3.34. The first kappa shape index (κ1) is 28.5. The molecule has 0 aromatic rings. The van der Waals surface area contributed by atoms with Crippen molar-refractivity contribution in [3.8, 4) is 0 Å². The van der Waals surface area contributed by atoms with Gasteiger partial charge in [-0.3, -0.25) is 4.79 Å². The van der Waals surface area contributed by atoms with Gasteiger partial charge in [0.05, 0.1) is 33.6 Å². The highest BCUT2D eigenvalue weighted by Gasteiger charge is 2.18. The van der Waals surface area contributed by atoms with Crippen LogP contribution < -0.4 is 0 Å². The van der Waals surface area contributed by atoms with E-state index in [0.717, 1.165) is 13.0 Å². The molecule has 174 valence electrons. The molecule has 2 N–H and O–H groups in total. The van der Waals surface area contributed by atoms with E-state index >= 15 is 0 Å². The number of aliphatic hydroxyl groups is 2. The van der Waals surface area contributed by atoms with Crippen LogP contribution in [0.3, 0.4) is 0 Å². The van der Waals surface area contributed by atoms with Crippen molar-refractivity contribution in [2.45, 2.75) is 129 Å². The van der Waals surface area contributed by atoms with Crippen molar-refractivity contribution in [2.24, 2.45) is 0 Å². The van der Waals surface area contributed by atoms with Crippen molar-refractivity contribution in [3.63, 3.8) is 0 Å². The van der Waals surface area contributed by atoms with E-state index < -0.39 is 6.29 Å². The van der Waals surface area contributed by atoms with Crippen molar-refractivity contribution >= 4 is 5.78 Å². The minimum atomic E-state index is -1.25. The first-order chi connectivity index (χ1) is 13.9. The van der Waals surface area contributed by atoms with Crippen molar-refractivity contribution in [2.75, 3.05) is 27.2 Å². The summed E-state index contributed by atoms with van der Waals surface area (Å²) in [6.07, 6.45) is 20.6. The van der Waals surface area contributed by atoms with Gasteiger partial charge in [-0.05, 0) is 6.42 Å². The Morgan fingerprint density at radius 1 is 0.655 bits per heavy atom. The number of carbonyl (C=O) groups excluding carboxylic acids is 1. The number of Topliss-reactive ketones (excluding diaryl/α,β-unsaturated/α-hetero) is 1. The summed E-state index contributed by atoms with van der Waals surface area (Å²) in [7, 11) is 4.09. The van der Waals surface area contributed by atoms with Gasteiger partial charge in [-0.2, -0.15) is 0 Å². The van der Waals surface area contributed by atoms with Crippen LogP contribution >= 0.6 is 0 Å². The molecule has 0 aliphatic rings. The van der Waals surface area contributed by atoms with Crippen LogP contribution in [0.2, 0.25) is 0 Å². The van der Waals surface area contributed by atoms with E-state index in [1.165, 1.54) is 89.9 Å². The Bertz CT molecular complexity index is 369. The molecule has 0 atom stereocenters. The zero-order chi connectivity index (χ0) is 21.8. The fraction of sp³-hybridized carbons (Fsp3) is 0.960. The van der Waals surface area contributed by atoms with Gasteiger partial charge in [0.2, 0.25) is 0 Å². The van der Waals surface area contributed by atoms with Gasteiger partial charge in [0.15, 0.2) is 6.29 Å². The van der Waals surface area contributed by atoms with Crippen LogP contribution in [0.4, 0.5) is 0 Å². The Morgan fingerprint density at radius 2 is 1.07 bits per heavy atom. The minimum absolute atomic E-state index is 0.357. The standard InChI is InChI=1S/C25H52NO3/c1-4-5-6-7-8-9-10-11-12-13-14-15-16-17-18-19-24(27)20-22-26(2,3)23-21-25(28)29/h25,28-29H,4-23H2,1-3H3/q+1. The summed E-state index contributed by atoms with van der Waals surface area (Å²) in [6, 6.07) is 0. The fourth-order valence-corrected chi connectivity index (χ4v) is 3.82. The van der Waals surface area contributed by atoms with E-state index in [-0.39, 0.29) is 0 Å². The van der Waals surface area contributed by atoms with Crippen molar-refractivity contribution in [1.29, 1.82) is 0 Å². The highest BCUT2D eigenvalue weighted by atomic mass is 16.5. The van der Waals surface area contributed by atoms with E-state index in [2.05, 4.69) is 6.92 Å². The van der Waals surface area contributed by atoms with E-state index in [1.54, 1.807) is 0 Å². The number of unbranched alkanes of at least 4 members (excludes halogenated alkanes) is 14. The number of hydrogen-bond acceptors (Lipinski definition) is 3. The number of ketones is 1. The number of rotatable bonds is 22. The van der Waals surface area contributed by atoms with Gasteiger partial charge >= 0.3 is 0 Å². The van der Waals surface area contributed by atoms with Gasteiger partial charge in [0.25, 0.3) is 0 Å². The number of nitrogens with zero attached hydrogens (tertiary/aromatic N) is 1. The first-order valence-corrected chi connectivity index (χ1v) is 12.6. The van der Waals surface area contributed by atoms with Crippen molar-refractivity contribution in [3.05, 3.63) is 0 Å². The lowest BCUT2D eigenvalue weighted by Crippen LogP contribution is -2.43. The van der Waals surface area contributed by atoms with Gasteiger partial charge < -0.3 is 14.7 Å². The maximum Gasteiger partial charge on any atom is 0.156 e. The van der Waals surface area contributed by atoms with E-state index in [1.807, 2.05) is 14.1 Å². The molecule has 0 heterocycles. The van der Waals surface area contributed by atoms with E-state index in [4.69, 9.17) is 10.2 Å². The smallest absolute Gasteiger partial charge is 0.156 e.